The molecule has 1 aliphatic rings. The summed E-state index contributed by atoms with van der Waals surface area (Å²) in [4.78, 5) is -0.849. The monoisotopic (exact) mass is 308 g/mol. The molecule has 112 valence electrons. The van der Waals surface area contributed by atoms with Crippen molar-refractivity contribution in [1.82, 2.24) is 4.31 Å². The highest BCUT2D eigenvalue weighted by atomic mass is 32.2. The van der Waals surface area contributed by atoms with Crippen LogP contribution in [0.5, 0.6) is 0 Å². The minimum absolute atomic E-state index is 0.129. The van der Waals surface area contributed by atoms with Crippen molar-refractivity contribution < 1.29 is 21.6 Å². The van der Waals surface area contributed by atoms with E-state index in [0.29, 0.717) is 19.0 Å². The molecule has 1 aromatic carbocycles. The zero-order chi connectivity index (χ0) is 15.1. The zero-order valence-corrected chi connectivity index (χ0v) is 11.7. The van der Waals surface area contributed by atoms with Crippen LogP contribution in [0.4, 0.5) is 13.2 Å². The smallest absolute Gasteiger partial charge is 0.246 e. The first-order valence-corrected chi connectivity index (χ1v) is 7.49. The van der Waals surface area contributed by atoms with E-state index in [4.69, 9.17) is 5.73 Å². The number of sulfonamides is 1. The molecule has 4 nitrogen and oxygen atoms in total. The lowest BCUT2D eigenvalue weighted by Crippen LogP contribution is -2.35. The van der Waals surface area contributed by atoms with Crippen molar-refractivity contribution in [3.63, 3.8) is 0 Å². The molecule has 0 saturated carbocycles. The second-order valence-corrected chi connectivity index (χ2v) is 7.18. The van der Waals surface area contributed by atoms with Gasteiger partial charge in [-0.2, -0.15) is 4.31 Å². The largest absolute Gasteiger partial charge is 0.330 e. The molecule has 8 heteroatoms. The van der Waals surface area contributed by atoms with Crippen LogP contribution in [-0.4, -0.2) is 32.4 Å². The summed E-state index contributed by atoms with van der Waals surface area (Å²) < 4.78 is 65.3. The van der Waals surface area contributed by atoms with Crippen LogP contribution < -0.4 is 5.73 Å². The van der Waals surface area contributed by atoms with Crippen molar-refractivity contribution in [2.45, 2.75) is 18.2 Å². The summed E-state index contributed by atoms with van der Waals surface area (Å²) in [7, 11) is -4.19. The van der Waals surface area contributed by atoms with Crippen molar-refractivity contribution in [2.75, 3.05) is 19.6 Å². The quantitative estimate of drug-likeness (QED) is 0.860. The van der Waals surface area contributed by atoms with E-state index >= 15 is 0 Å². The molecule has 1 saturated heterocycles. The highest BCUT2D eigenvalue weighted by molar-refractivity contribution is 7.89. The fourth-order valence-corrected chi connectivity index (χ4v) is 3.84. The van der Waals surface area contributed by atoms with Gasteiger partial charge in [0.05, 0.1) is 0 Å². The molecule has 20 heavy (non-hydrogen) atoms. The van der Waals surface area contributed by atoms with E-state index in [-0.39, 0.29) is 18.5 Å². The van der Waals surface area contributed by atoms with Crippen LogP contribution in [0.3, 0.4) is 0 Å². The van der Waals surface area contributed by atoms with Gasteiger partial charge in [-0.05, 0) is 30.5 Å². The molecular formula is C12H15F3N2O2S. The summed E-state index contributed by atoms with van der Waals surface area (Å²) in [6.07, 6.45) is 0.536. The van der Waals surface area contributed by atoms with Gasteiger partial charge >= 0.3 is 0 Å². The van der Waals surface area contributed by atoms with E-state index in [1.165, 1.54) is 0 Å². The highest BCUT2D eigenvalue weighted by Crippen LogP contribution is 2.33. The maximum atomic E-state index is 13.6. The van der Waals surface area contributed by atoms with Crippen molar-refractivity contribution in [3.05, 3.63) is 29.6 Å². The summed E-state index contributed by atoms with van der Waals surface area (Å²) in [6, 6.07) is 1.34. The van der Waals surface area contributed by atoms with E-state index in [2.05, 4.69) is 0 Å². The number of halogens is 3. The lowest BCUT2D eigenvalue weighted by Gasteiger charge is -2.22. The predicted octanol–water partition coefficient (Wildman–Crippen LogP) is 1.46. The van der Waals surface area contributed by atoms with E-state index in [1.54, 1.807) is 0 Å². The Morgan fingerprint density at radius 1 is 1.30 bits per heavy atom. The van der Waals surface area contributed by atoms with Crippen molar-refractivity contribution in [1.29, 1.82) is 0 Å². The van der Waals surface area contributed by atoms with E-state index in [1.807, 2.05) is 6.92 Å². The summed E-state index contributed by atoms with van der Waals surface area (Å²) >= 11 is 0. The van der Waals surface area contributed by atoms with Crippen molar-refractivity contribution in [3.8, 4) is 0 Å². The minimum atomic E-state index is -4.19. The average molecular weight is 308 g/mol. The Labute approximate surface area is 115 Å². The number of hydrogen-bond donors (Lipinski definition) is 1. The van der Waals surface area contributed by atoms with Crippen molar-refractivity contribution in [2.24, 2.45) is 11.1 Å². The maximum Gasteiger partial charge on any atom is 0.246 e. The Hall–Kier alpha value is -1.12. The van der Waals surface area contributed by atoms with Crippen LogP contribution in [0.2, 0.25) is 0 Å². The molecule has 1 unspecified atom stereocenters. The molecule has 0 radical (unpaired) electrons. The van der Waals surface area contributed by atoms with Crippen LogP contribution in [0, 0.1) is 22.9 Å². The minimum Gasteiger partial charge on any atom is -0.330 e. The number of rotatable bonds is 3. The molecule has 1 heterocycles. The Kier molecular flexibility index (Phi) is 3.83. The van der Waals surface area contributed by atoms with Crippen LogP contribution in [0.25, 0.3) is 0 Å². The Balaban J connectivity index is 2.40. The van der Waals surface area contributed by atoms with Gasteiger partial charge < -0.3 is 5.73 Å². The van der Waals surface area contributed by atoms with E-state index in [0.717, 1.165) is 10.4 Å². The van der Waals surface area contributed by atoms with Gasteiger partial charge in [0.25, 0.3) is 0 Å². The molecule has 1 aliphatic heterocycles. The fraction of sp³-hybridized carbons (Fsp3) is 0.500. The SMILES string of the molecule is CC1(CN)CCN(S(=O)(=O)c2ccc(F)c(F)c2F)C1. The fourth-order valence-electron chi connectivity index (χ4n) is 2.20. The molecule has 0 spiro atoms. The lowest BCUT2D eigenvalue weighted by molar-refractivity contribution is 0.348. The second kappa shape index (κ2) is 5.01. The van der Waals surface area contributed by atoms with Gasteiger partial charge in [0, 0.05) is 13.1 Å². The molecule has 2 rings (SSSR count). The molecule has 0 aliphatic carbocycles. The van der Waals surface area contributed by atoms with Crippen molar-refractivity contribution >= 4 is 10.0 Å². The number of hydrogen-bond acceptors (Lipinski definition) is 3. The zero-order valence-electron chi connectivity index (χ0n) is 10.9. The summed E-state index contributed by atoms with van der Waals surface area (Å²) in [6.45, 7) is 2.42. The van der Waals surface area contributed by atoms with Gasteiger partial charge in [0.1, 0.15) is 4.90 Å². The topological polar surface area (TPSA) is 63.4 Å². The highest BCUT2D eigenvalue weighted by Gasteiger charge is 2.40. The van der Waals surface area contributed by atoms with Gasteiger partial charge in [-0.3, -0.25) is 0 Å². The van der Waals surface area contributed by atoms with Gasteiger partial charge in [-0.15, -0.1) is 0 Å². The second-order valence-electron chi connectivity index (χ2n) is 5.28. The third-order valence-electron chi connectivity index (χ3n) is 3.63. The Morgan fingerprint density at radius 3 is 2.50 bits per heavy atom. The van der Waals surface area contributed by atoms with E-state index < -0.39 is 32.4 Å². The molecular weight excluding hydrogens is 293 g/mol. The van der Waals surface area contributed by atoms with Crippen LogP contribution >= 0.6 is 0 Å². The summed E-state index contributed by atoms with van der Waals surface area (Å²) in [5.74, 6) is -4.90. The third kappa shape index (κ3) is 2.43. The molecule has 0 bridgehead atoms. The lowest BCUT2D eigenvalue weighted by atomic mass is 9.90. The third-order valence-corrected chi connectivity index (χ3v) is 5.50. The van der Waals surface area contributed by atoms with Crippen LogP contribution in [-0.2, 0) is 10.0 Å². The average Bonchev–Trinajstić information content (AvgIpc) is 2.80. The molecule has 1 fully saturated rings. The molecule has 0 amide bonds. The van der Waals surface area contributed by atoms with Crippen LogP contribution in [0.15, 0.2) is 17.0 Å². The number of benzene rings is 1. The first-order valence-electron chi connectivity index (χ1n) is 6.05. The maximum absolute atomic E-state index is 13.6. The Morgan fingerprint density at radius 2 is 1.95 bits per heavy atom. The molecule has 1 atom stereocenters. The summed E-state index contributed by atoms with van der Waals surface area (Å²) in [5, 5.41) is 0. The predicted molar refractivity (Wildman–Crippen MR) is 66.9 cm³/mol. The normalized spacial score (nSPS) is 24.2. The van der Waals surface area contributed by atoms with Gasteiger partial charge in [0.15, 0.2) is 17.5 Å². The molecule has 2 N–H and O–H groups in total. The first kappa shape index (κ1) is 15.3. The molecule has 1 aromatic rings. The van der Waals surface area contributed by atoms with Crippen LogP contribution in [0.1, 0.15) is 13.3 Å². The Bertz CT molecular complexity index is 636. The summed E-state index contributed by atoms with van der Waals surface area (Å²) in [5.41, 5.74) is 5.19. The standard InChI is InChI=1S/C12H15F3N2O2S/c1-12(6-16)4-5-17(7-12)20(18,19)9-3-2-8(13)10(14)11(9)15/h2-3H,4-7,16H2,1H3. The van der Waals surface area contributed by atoms with E-state index in [9.17, 15) is 21.6 Å². The number of nitrogens with two attached hydrogens (primary N) is 1. The van der Waals surface area contributed by atoms with Gasteiger partial charge in [0.2, 0.25) is 10.0 Å². The number of nitrogens with zero attached hydrogens (tertiary/aromatic N) is 1. The first-order chi connectivity index (χ1) is 9.21. The molecule has 0 aromatic heterocycles. The van der Waals surface area contributed by atoms with Gasteiger partial charge in [-0.1, -0.05) is 6.92 Å². The van der Waals surface area contributed by atoms with Gasteiger partial charge in [-0.25, -0.2) is 21.6 Å².